The maximum atomic E-state index is 12.6. The molecule has 1 amide bonds. The van der Waals surface area contributed by atoms with E-state index in [1.165, 1.54) is 12.3 Å². The number of hydroxylamine groups is 2. The molecule has 0 saturated carbocycles. The van der Waals surface area contributed by atoms with Crippen molar-refractivity contribution in [2.75, 3.05) is 13.2 Å². The molecule has 0 aromatic carbocycles. The summed E-state index contributed by atoms with van der Waals surface area (Å²) in [6.07, 6.45) is 3.59. The van der Waals surface area contributed by atoms with E-state index in [-0.39, 0.29) is 31.0 Å². The Morgan fingerprint density at radius 2 is 2.03 bits per heavy atom. The Morgan fingerprint density at radius 1 is 1.34 bits per heavy atom. The van der Waals surface area contributed by atoms with Crippen molar-refractivity contribution in [3.05, 3.63) is 50.3 Å². The average Bonchev–Trinajstić information content (AvgIpc) is 3.16. The van der Waals surface area contributed by atoms with E-state index in [0.29, 0.717) is 5.57 Å². The first-order valence-electron chi connectivity index (χ1n) is 10.4. The smallest absolute Gasteiger partial charge is 0.330 e. The first-order valence-corrected chi connectivity index (χ1v) is 10.4. The van der Waals surface area contributed by atoms with Crippen LogP contribution in [0.4, 0.5) is 0 Å². The van der Waals surface area contributed by atoms with Crippen molar-refractivity contribution in [3.8, 4) is 0 Å². The minimum absolute atomic E-state index is 0.0967. The van der Waals surface area contributed by atoms with Gasteiger partial charge < -0.3 is 25.5 Å². The van der Waals surface area contributed by atoms with E-state index in [1.807, 2.05) is 0 Å². The molecule has 11 nitrogen and oxygen atoms in total. The summed E-state index contributed by atoms with van der Waals surface area (Å²) in [4.78, 5) is 39.1. The summed E-state index contributed by atoms with van der Waals surface area (Å²) in [5, 5.41) is 33.3. The molecule has 3 atom stereocenters. The number of hydrogen-bond acceptors (Lipinski definition) is 8. The molecule has 1 aromatic rings. The lowest BCUT2D eigenvalue weighted by molar-refractivity contribution is -0.185. The van der Waals surface area contributed by atoms with Gasteiger partial charge in [0.05, 0.1) is 29.4 Å². The molecule has 0 radical (unpaired) electrons. The highest BCUT2D eigenvalue weighted by Gasteiger charge is 2.47. The maximum Gasteiger partial charge on any atom is 0.330 e. The van der Waals surface area contributed by atoms with Crippen LogP contribution in [0.5, 0.6) is 0 Å². The highest BCUT2D eigenvalue weighted by molar-refractivity contribution is 5.96. The molecule has 32 heavy (non-hydrogen) atoms. The Kier molecular flexibility index (Phi) is 6.59. The van der Waals surface area contributed by atoms with Gasteiger partial charge in [-0.05, 0) is 27.7 Å². The maximum absolute atomic E-state index is 12.6. The van der Waals surface area contributed by atoms with Crippen LogP contribution in [0.3, 0.4) is 0 Å². The number of H-pyrrole nitrogens is 1. The standard InChI is InChI=1S/C21H30N4O7/c1-20(2)9-13(21(3,4)25(20)31)18(29)22-7-5-6-12-10-24(19(30)23-17(12)28)16-8-14(27)15(11-26)32-16/h5-6,9-10,14-16,26-27,31H,7-8,11H2,1-4H3,(H,22,29)(H,23,28,30)/b6-5+/t14-,15+,16+/m0/s1. The summed E-state index contributed by atoms with van der Waals surface area (Å²) < 4.78 is 6.63. The normalized spacial score (nSPS) is 27.1. The van der Waals surface area contributed by atoms with Gasteiger partial charge in [0.2, 0.25) is 5.91 Å². The third kappa shape index (κ3) is 4.48. The first-order chi connectivity index (χ1) is 14.9. The van der Waals surface area contributed by atoms with Crippen LogP contribution in [0.25, 0.3) is 6.08 Å². The van der Waals surface area contributed by atoms with Crippen molar-refractivity contribution in [2.24, 2.45) is 0 Å². The minimum atomic E-state index is -0.924. The number of ether oxygens (including phenoxy) is 1. The molecule has 0 aliphatic carbocycles. The van der Waals surface area contributed by atoms with Crippen LogP contribution < -0.4 is 16.6 Å². The van der Waals surface area contributed by atoms with E-state index >= 15 is 0 Å². The van der Waals surface area contributed by atoms with Gasteiger partial charge in [0.1, 0.15) is 12.3 Å². The van der Waals surface area contributed by atoms with Gasteiger partial charge in [-0.3, -0.25) is 19.1 Å². The summed E-state index contributed by atoms with van der Waals surface area (Å²) in [5.74, 6) is -0.341. The molecule has 11 heteroatoms. The van der Waals surface area contributed by atoms with Gasteiger partial charge in [-0.2, -0.15) is 5.06 Å². The van der Waals surface area contributed by atoms with Gasteiger partial charge in [-0.25, -0.2) is 4.79 Å². The second kappa shape index (κ2) is 8.75. The summed E-state index contributed by atoms with van der Waals surface area (Å²) in [6, 6.07) is 0. The van der Waals surface area contributed by atoms with Crippen molar-refractivity contribution >= 4 is 12.0 Å². The predicted octanol–water partition coefficient (Wildman–Crippen LogP) is -0.505. The Balaban J connectivity index is 1.69. The van der Waals surface area contributed by atoms with Crippen molar-refractivity contribution in [2.45, 2.75) is 63.6 Å². The van der Waals surface area contributed by atoms with Crippen molar-refractivity contribution in [1.29, 1.82) is 0 Å². The number of aliphatic hydroxyl groups is 2. The van der Waals surface area contributed by atoms with Crippen LogP contribution in [0.15, 0.2) is 33.5 Å². The minimum Gasteiger partial charge on any atom is -0.394 e. The molecule has 5 N–H and O–H groups in total. The molecule has 3 heterocycles. The number of carbonyl (C=O) groups excluding carboxylic acids is 1. The fourth-order valence-corrected chi connectivity index (χ4v) is 4.09. The van der Waals surface area contributed by atoms with Crippen LogP contribution in [0.1, 0.15) is 45.9 Å². The molecule has 1 aromatic heterocycles. The van der Waals surface area contributed by atoms with E-state index in [2.05, 4.69) is 10.3 Å². The SMILES string of the molecule is CC1(C)C=C(C(=O)NC/C=C/c2cn([C@H]3C[C@H](O)[C@@H](CO)O3)c(=O)[nH]c2=O)C(C)(C)N1O. The van der Waals surface area contributed by atoms with Crippen LogP contribution in [-0.2, 0) is 9.53 Å². The molecule has 1 saturated heterocycles. The lowest BCUT2D eigenvalue weighted by atomic mass is 9.96. The van der Waals surface area contributed by atoms with Gasteiger partial charge in [0, 0.05) is 24.7 Å². The highest BCUT2D eigenvalue weighted by atomic mass is 16.5. The molecule has 0 bridgehead atoms. The van der Waals surface area contributed by atoms with Crippen LogP contribution in [0, 0.1) is 0 Å². The molecule has 2 aliphatic heterocycles. The fraction of sp³-hybridized carbons (Fsp3) is 0.571. The lowest BCUT2D eigenvalue weighted by Gasteiger charge is -2.35. The van der Waals surface area contributed by atoms with E-state index < -0.39 is 40.8 Å². The Bertz CT molecular complexity index is 1050. The van der Waals surface area contributed by atoms with Gasteiger partial charge >= 0.3 is 5.69 Å². The van der Waals surface area contributed by atoms with E-state index in [4.69, 9.17) is 4.74 Å². The summed E-state index contributed by atoms with van der Waals surface area (Å²) in [7, 11) is 0. The van der Waals surface area contributed by atoms with Crippen molar-refractivity contribution in [3.63, 3.8) is 0 Å². The zero-order chi connectivity index (χ0) is 23.8. The lowest BCUT2D eigenvalue weighted by Crippen LogP contribution is -2.49. The van der Waals surface area contributed by atoms with Crippen LogP contribution in [-0.4, -0.2) is 72.4 Å². The number of rotatable bonds is 6. The summed E-state index contributed by atoms with van der Waals surface area (Å²) in [5.41, 5.74) is -2.25. The quantitative estimate of drug-likeness (QED) is 0.388. The van der Waals surface area contributed by atoms with E-state index in [9.17, 15) is 29.8 Å². The van der Waals surface area contributed by atoms with Gasteiger partial charge in [0.15, 0.2) is 0 Å². The Hall–Kier alpha value is -2.57. The molecule has 3 rings (SSSR count). The number of amides is 1. The number of aliphatic hydroxyl groups excluding tert-OH is 2. The molecular weight excluding hydrogens is 420 g/mol. The molecule has 1 fully saturated rings. The topological polar surface area (TPSA) is 157 Å². The molecule has 0 spiro atoms. The number of aromatic amines is 1. The zero-order valence-corrected chi connectivity index (χ0v) is 18.5. The largest absolute Gasteiger partial charge is 0.394 e. The van der Waals surface area contributed by atoms with Gasteiger partial charge in [0.25, 0.3) is 5.56 Å². The number of nitrogens with one attached hydrogen (secondary N) is 2. The molecule has 2 aliphatic rings. The van der Waals surface area contributed by atoms with Gasteiger partial charge in [-0.1, -0.05) is 18.2 Å². The Labute approximate surface area is 184 Å². The summed E-state index contributed by atoms with van der Waals surface area (Å²) in [6.45, 7) is 6.81. The Morgan fingerprint density at radius 3 is 2.59 bits per heavy atom. The number of aromatic nitrogens is 2. The summed E-state index contributed by atoms with van der Waals surface area (Å²) >= 11 is 0. The molecular formula is C21H30N4O7. The number of nitrogens with zero attached hydrogens (tertiary/aromatic N) is 2. The first kappa shape index (κ1) is 24.1. The van der Waals surface area contributed by atoms with Crippen LogP contribution in [0.2, 0.25) is 0 Å². The second-order valence-corrected chi connectivity index (χ2v) is 9.06. The predicted molar refractivity (Wildman–Crippen MR) is 115 cm³/mol. The van der Waals surface area contributed by atoms with Gasteiger partial charge in [-0.15, -0.1) is 0 Å². The third-order valence-electron chi connectivity index (χ3n) is 5.84. The van der Waals surface area contributed by atoms with E-state index in [0.717, 1.165) is 9.63 Å². The highest BCUT2D eigenvalue weighted by Crippen LogP contribution is 2.38. The second-order valence-electron chi connectivity index (χ2n) is 9.06. The third-order valence-corrected chi connectivity index (χ3v) is 5.84. The number of carbonyl (C=O) groups is 1. The monoisotopic (exact) mass is 450 g/mol. The van der Waals surface area contributed by atoms with Crippen molar-refractivity contribution in [1.82, 2.24) is 19.9 Å². The van der Waals surface area contributed by atoms with E-state index in [1.54, 1.807) is 39.8 Å². The average molecular weight is 450 g/mol. The van der Waals surface area contributed by atoms with Crippen LogP contribution >= 0.6 is 0 Å². The van der Waals surface area contributed by atoms with Crippen molar-refractivity contribution < 1.29 is 25.0 Å². The fourth-order valence-electron chi connectivity index (χ4n) is 4.09. The molecule has 0 unspecified atom stereocenters. The molecule has 176 valence electrons. The zero-order valence-electron chi connectivity index (χ0n) is 18.5. The number of hydrogen-bond donors (Lipinski definition) is 5.